The molecule has 0 bridgehead atoms. The first-order chi connectivity index (χ1) is 9.48. The van der Waals surface area contributed by atoms with Crippen molar-refractivity contribution in [2.45, 2.75) is 12.8 Å². The Bertz CT molecular complexity index is 586. The number of benzene rings is 1. The monoisotopic (exact) mass is 298 g/mol. The van der Waals surface area contributed by atoms with Gasteiger partial charge >= 0.3 is 0 Å². The Balaban J connectivity index is 1.78. The van der Waals surface area contributed by atoms with Gasteiger partial charge in [-0.2, -0.15) is 0 Å². The molecule has 110 valence electrons. The zero-order valence-corrected chi connectivity index (χ0v) is 11.9. The minimum absolute atomic E-state index is 0.137. The first kappa shape index (κ1) is 14.9. The summed E-state index contributed by atoms with van der Waals surface area (Å²) in [4.78, 5) is 10.5. The largest absolute Gasteiger partial charge is 0.316 e. The van der Waals surface area contributed by atoms with Crippen LogP contribution in [0.1, 0.15) is 12.0 Å². The second kappa shape index (κ2) is 6.32. The molecule has 0 amide bonds. The van der Waals surface area contributed by atoms with Crippen LogP contribution in [0, 0.1) is 16.0 Å². The second-order valence-corrected chi connectivity index (χ2v) is 7.34. The van der Waals surface area contributed by atoms with Crippen LogP contribution < -0.4 is 5.32 Å². The van der Waals surface area contributed by atoms with E-state index in [4.69, 9.17) is 0 Å². The van der Waals surface area contributed by atoms with E-state index in [1.54, 1.807) is 18.2 Å². The molecule has 1 aromatic rings. The quantitative estimate of drug-likeness (QED) is 0.483. The summed E-state index contributed by atoms with van der Waals surface area (Å²) in [6, 6.07) is 6.68. The number of hydrogen-bond acceptors (Lipinski definition) is 5. The Morgan fingerprint density at radius 3 is 2.75 bits per heavy atom. The second-order valence-electron chi connectivity index (χ2n) is 5.11. The summed E-state index contributed by atoms with van der Waals surface area (Å²) in [5.41, 5.74) is 0.835. The van der Waals surface area contributed by atoms with Gasteiger partial charge in [-0.15, -0.1) is 0 Å². The molecule has 1 aliphatic rings. The maximum absolute atomic E-state index is 11.3. The molecule has 1 fully saturated rings. The van der Waals surface area contributed by atoms with E-state index in [1.165, 1.54) is 6.07 Å². The van der Waals surface area contributed by atoms with Crippen LogP contribution in [0.4, 0.5) is 5.69 Å². The average molecular weight is 298 g/mol. The van der Waals surface area contributed by atoms with Crippen LogP contribution in [-0.4, -0.2) is 37.9 Å². The topological polar surface area (TPSA) is 89.3 Å². The molecule has 0 aliphatic carbocycles. The molecule has 0 aromatic heterocycles. The fourth-order valence-corrected chi connectivity index (χ4v) is 4.32. The van der Waals surface area contributed by atoms with Gasteiger partial charge in [-0.1, -0.05) is 18.2 Å². The van der Waals surface area contributed by atoms with Gasteiger partial charge in [0.15, 0.2) is 9.84 Å². The van der Waals surface area contributed by atoms with E-state index in [9.17, 15) is 18.5 Å². The summed E-state index contributed by atoms with van der Waals surface area (Å²) in [6.45, 7) is 1.27. The number of hydrogen-bond donors (Lipinski definition) is 1. The third-order valence-electron chi connectivity index (χ3n) is 3.52. The third-order valence-corrected chi connectivity index (χ3v) is 5.36. The number of nitro benzene ring substituents is 1. The molecule has 1 aliphatic heterocycles. The lowest BCUT2D eigenvalue weighted by Gasteiger charge is -2.09. The van der Waals surface area contributed by atoms with Crippen LogP contribution >= 0.6 is 0 Å². The summed E-state index contributed by atoms with van der Waals surface area (Å²) >= 11 is 0. The van der Waals surface area contributed by atoms with E-state index in [-0.39, 0.29) is 28.0 Å². The van der Waals surface area contributed by atoms with E-state index in [2.05, 4.69) is 5.32 Å². The summed E-state index contributed by atoms with van der Waals surface area (Å²) in [5.74, 6) is 0.709. The van der Waals surface area contributed by atoms with Gasteiger partial charge in [0.2, 0.25) is 0 Å². The van der Waals surface area contributed by atoms with Crippen molar-refractivity contribution in [2.75, 3.05) is 24.6 Å². The van der Waals surface area contributed by atoms with Gasteiger partial charge in [-0.3, -0.25) is 10.1 Å². The Kier molecular flexibility index (Phi) is 4.72. The highest BCUT2D eigenvalue weighted by atomic mass is 32.2. The average Bonchev–Trinajstić information content (AvgIpc) is 2.74. The maximum atomic E-state index is 11.3. The van der Waals surface area contributed by atoms with Crippen LogP contribution in [0.2, 0.25) is 0 Å². The fourth-order valence-electron chi connectivity index (χ4n) is 2.46. The Morgan fingerprint density at radius 1 is 1.35 bits per heavy atom. The van der Waals surface area contributed by atoms with Gasteiger partial charge in [-0.05, 0) is 31.8 Å². The molecule has 1 N–H and O–H groups in total. The Morgan fingerprint density at radius 2 is 2.10 bits per heavy atom. The minimum Gasteiger partial charge on any atom is -0.316 e. The van der Waals surface area contributed by atoms with Crippen molar-refractivity contribution >= 4 is 15.5 Å². The predicted octanol–water partition coefficient (Wildman–Crippen LogP) is 1.16. The van der Waals surface area contributed by atoms with Gasteiger partial charge in [-0.25, -0.2) is 8.42 Å². The predicted molar refractivity (Wildman–Crippen MR) is 76.4 cm³/mol. The lowest BCUT2D eigenvalue weighted by Crippen LogP contribution is -2.25. The van der Waals surface area contributed by atoms with Gasteiger partial charge in [0.1, 0.15) is 0 Å². The Hall–Kier alpha value is -1.47. The minimum atomic E-state index is -2.83. The molecular weight excluding hydrogens is 280 g/mol. The van der Waals surface area contributed by atoms with Crippen molar-refractivity contribution in [1.82, 2.24) is 5.32 Å². The van der Waals surface area contributed by atoms with Crippen LogP contribution in [0.5, 0.6) is 0 Å². The van der Waals surface area contributed by atoms with Crippen molar-refractivity contribution in [2.24, 2.45) is 5.92 Å². The van der Waals surface area contributed by atoms with Crippen molar-refractivity contribution in [3.63, 3.8) is 0 Å². The number of nitrogens with one attached hydrogen (secondary N) is 1. The molecule has 1 atom stereocenters. The van der Waals surface area contributed by atoms with E-state index in [0.29, 0.717) is 31.5 Å². The highest BCUT2D eigenvalue weighted by Gasteiger charge is 2.27. The summed E-state index contributed by atoms with van der Waals surface area (Å²) in [6.07, 6.45) is 1.28. The smallest absolute Gasteiger partial charge is 0.272 e. The molecular formula is C13H18N2O4S. The number of nitrogens with zero attached hydrogens (tertiary/aromatic N) is 1. The van der Waals surface area contributed by atoms with Crippen molar-refractivity contribution in [3.8, 4) is 0 Å². The van der Waals surface area contributed by atoms with Crippen molar-refractivity contribution < 1.29 is 13.3 Å². The number of sulfone groups is 1. The summed E-state index contributed by atoms with van der Waals surface area (Å²) in [5, 5.41) is 14.0. The molecule has 1 unspecified atom stereocenters. The first-order valence-electron chi connectivity index (χ1n) is 6.61. The summed E-state index contributed by atoms with van der Waals surface area (Å²) < 4.78 is 22.6. The summed E-state index contributed by atoms with van der Waals surface area (Å²) in [7, 11) is -2.83. The lowest BCUT2D eigenvalue weighted by molar-refractivity contribution is -0.385. The molecule has 1 aromatic carbocycles. The third kappa shape index (κ3) is 4.01. The van der Waals surface area contributed by atoms with Crippen LogP contribution in [0.3, 0.4) is 0 Å². The zero-order chi connectivity index (χ0) is 14.6. The normalized spacial score (nSPS) is 20.9. The lowest BCUT2D eigenvalue weighted by atomic mass is 10.1. The van der Waals surface area contributed by atoms with Crippen LogP contribution in [-0.2, 0) is 16.3 Å². The highest BCUT2D eigenvalue weighted by Crippen LogP contribution is 2.19. The van der Waals surface area contributed by atoms with Crippen molar-refractivity contribution in [1.29, 1.82) is 0 Å². The molecule has 1 heterocycles. The van der Waals surface area contributed by atoms with Crippen molar-refractivity contribution in [3.05, 3.63) is 39.9 Å². The molecule has 6 nitrogen and oxygen atoms in total. The number of nitro groups is 1. The highest BCUT2D eigenvalue weighted by molar-refractivity contribution is 7.91. The van der Waals surface area contributed by atoms with Crippen LogP contribution in [0.25, 0.3) is 0 Å². The number of rotatable bonds is 6. The van der Waals surface area contributed by atoms with Crippen LogP contribution in [0.15, 0.2) is 24.3 Å². The molecule has 0 radical (unpaired) electrons. The van der Waals surface area contributed by atoms with Gasteiger partial charge < -0.3 is 5.32 Å². The first-order valence-corrected chi connectivity index (χ1v) is 8.43. The standard InChI is InChI=1S/C13H18N2O4S/c16-15(17)13-4-2-1-3-12(13)5-7-14-9-11-6-8-20(18,19)10-11/h1-4,11,14H,5-10H2. The van der Waals surface area contributed by atoms with Gasteiger partial charge in [0.05, 0.1) is 16.4 Å². The van der Waals surface area contributed by atoms with E-state index in [1.807, 2.05) is 0 Å². The van der Waals surface area contributed by atoms with Gasteiger partial charge in [0.25, 0.3) is 5.69 Å². The molecule has 0 saturated carbocycles. The van der Waals surface area contributed by atoms with Gasteiger partial charge in [0, 0.05) is 11.6 Å². The van der Waals surface area contributed by atoms with E-state index in [0.717, 1.165) is 0 Å². The molecule has 1 saturated heterocycles. The van der Waals surface area contributed by atoms with E-state index >= 15 is 0 Å². The molecule has 7 heteroatoms. The fraction of sp³-hybridized carbons (Fsp3) is 0.538. The molecule has 2 rings (SSSR count). The Labute approximate surface area is 118 Å². The zero-order valence-electron chi connectivity index (χ0n) is 11.1. The number of para-hydroxylation sites is 1. The molecule has 20 heavy (non-hydrogen) atoms. The maximum Gasteiger partial charge on any atom is 0.272 e. The SMILES string of the molecule is O=[N+]([O-])c1ccccc1CCNCC1CCS(=O)(=O)C1. The molecule has 0 spiro atoms. The van der Waals surface area contributed by atoms with E-state index < -0.39 is 9.84 Å².